The van der Waals surface area contributed by atoms with E-state index in [2.05, 4.69) is 0 Å². The summed E-state index contributed by atoms with van der Waals surface area (Å²) >= 11 is 6.17. The molecule has 0 aliphatic heterocycles. The molecular weight excluding hydrogens is 457 g/mol. The van der Waals surface area contributed by atoms with E-state index in [1.807, 2.05) is 0 Å². The van der Waals surface area contributed by atoms with E-state index in [-0.39, 0.29) is 18.7 Å². The maximum atomic E-state index is 14.1. The molecule has 0 saturated carbocycles. The average Bonchev–Trinajstić information content (AvgIpc) is 2.99. The summed E-state index contributed by atoms with van der Waals surface area (Å²) in [5.41, 5.74) is 2.38. The topological polar surface area (TPSA) is 64.2 Å². The van der Waals surface area contributed by atoms with Crippen LogP contribution in [0, 0.1) is 24.4 Å². The molecule has 0 unspecified atom stereocenters. The largest absolute Gasteiger partial charge is 0.480 e. The van der Waals surface area contributed by atoms with Crippen molar-refractivity contribution in [1.29, 1.82) is 0 Å². The van der Waals surface area contributed by atoms with E-state index in [9.17, 15) is 27.9 Å². The van der Waals surface area contributed by atoms with E-state index in [1.54, 1.807) is 35.8 Å². The number of aromatic nitrogens is 2. The maximum absolute atomic E-state index is 14.1. The van der Waals surface area contributed by atoms with Crippen molar-refractivity contribution in [3.8, 4) is 0 Å². The van der Waals surface area contributed by atoms with Crippen molar-refractivity contribution in [3.05, 3.63) is 104 Å². The summed E-state index contributed by atoms with van der Waals surface area (Å²) in [6, 6.07) is 9.30. The van der Waals surface area contributed by atoms with E-state index >= 15 is 0 Å². The summed E-state index contributed by atoms with van der Waals surface area (Å²) in [6.45, 7) is 1.30. The van der Waals surface area contributed by atoms with Crippen LogP contribution >= 0.6 is 11.6 Å². The van der Waals surface area contributed by atoms with Gasteiger partial charge in [0.15, 0.2) is 11.6 Å². The van der Waals surface area contributed by atoms with Gasteiger partial charge in [0.1, 0.15) is 12.4 Å². The van der Waals surface area contributed by atoms with E-state index < -0.39 is 29.0 Å². The second-order valence-corrected chi connectivity index (χ2v) is 8.18. The van der Waals surface area contributed by atoms with Crippen molar-refractivity contribution in [2.24, 2.45) is 0 Å². The van der Waals surface area contributed by atoms with Crippen LogP contribution in [-0.2, 0) is 24.3 Å². The van der Waals surface area contributed by atoms with Gasteiger partial charge in [-0.05, 0) is 42.3 Å². The van der Waals surface area contributed by atoms with Crippen LogP contribution < -0.4 is 5.56 Å². The normalized spacial score (nSPS) is 11.3. The van der Waals surface area contributed by atoms with Gasteiger partial charge in [-0.3, -0.25) is 9.59 Å². The third-order valence-corrected chi connectivity index (χ3v) is 5.80. The summed E-state index contributed by atoms with van der Waals surface area (Å²) < 4.78 is 43.8. The molecule has 4 rings (SSSR count). The highest BCUT2D eigenvalue weighted by Crippen LogP contribution is 2.30. The van der Waals surface area contributed by atoms with Gasteiger partial charge in [-0.1, -0.05) is 17.7 Å². The van der Waals surface area contributed by atoms with E-state index in [4.69, 9.17) is 11.6 Å². The van der Waals surface area contributed by atoms with Crippen molar-refractivity contribution >= 4 is 28.5 Å². The first-order valence-corrected chi connectivity index (χ1v) is 10.3. The minimum atomic E-state index is -1.30. The highest BCUT2D eigenvalue weighted by Gasteiger charge is 2.17. The zero-order valence-electron chi connectivity index (χ0n) is 17.4. The van der Waals surface area contributed by atoms with Crippen LogP contribution in [0.15, 0.2) is 53.5 Å². The Kier molecular flexibility index (Phi) is 6.03. The predicted molar refractivity (Wildman–Crippen MR) is 118 cm³/mol. The van der Waals surface area contributed by atoms with Crippen LogP contribution in [0.25, 0.3) is 10.9 Å². The van der Waals surface area contributed by atoms with Gasteiger partial charge in [0.2, 0.25) is 0 Å². The lowest BCUT2D eigenvalue weighted by molar-refractivity contribution is -0.137. The second-order valence-electron chi connectivity index (χ2n) is 7.74. The van der Waals surface area contributed by atoms with Crippen molar-refractivity contribution in [2.45, 2.75) is 26.4 Å². The molecule has 2 heterocycles. The number of fused-ring (bicyclic) bond motifs is 1. The van der Waals surface area contributed by atoms with Gasteiger partial charge in [0.25, 0.3) is 5.56 Å². The Balaban J connectivity index is 1.74. The summed E-state index contributed by atoms with van der Waals surface area (Å²) in [7, 11) is 0. The Labute approximate surface area is 191 Å². The Morgan fingerprint density at radius 1 is 1.03 bits per heavy atom. The van der Waals surface area contributed by atoms with Gasteiger partial charge < -0.3 is 14.2 Å². The first-order chi connectivity index (χ1) is 15.6. The molecule has 0 fully saturated rings. The molecule has 1 N–H and O–H groups in total. The molecule has 0 saturated heterocycles. The molecule has 9 heteroatoms. The Morgan fingerprint density at radius 3 is 2.48 bits per heavy atom. The molecule has 170 valence electrons. The van der Waals surface area contributed by atoms with Gasteiger partial charge in [-0.2, -0.15) is 0 Å². The van der Waals surface area contributed by atoms with E-state index in [0.29, 0.717) is 28.6 Å². The van der Waals surface area contributed by atoms with Gasteiger partial charge in [-0.15, -0.1) is 0 Å². The molecule has 0 atom stereocenters. The highest BCUT2D eigenvalue weighted by atomic mass is 35.5. The van der Waals surface area contributed by atoms with Crippen LogP contribution in [0.1, 0.15) is 22.4 Å². The van der Waals surface area contributed by atoms with Crippen LogP contribution in [0.3, 0.4) is 0 Å². The van der Waals surface area contributed by atoms with E-state index in [1.165, 1.54) is 16.8 Å². The first kappa shape index (κ1) is 22.7. The molecule has 0 bridgehead atoms. The standard InChI is InChI=1S/C24H18ClF3N2O3/c1-13-17(18-8-16(25)3-4-22(18)30(13)12-24(32)33)6-14-2-5-23(31)29(10-14)11-15-7-20(27)21(28)9-19(15)26/h2-5,7-10H,6,11-12H2,1H3,(H,32,33). The smallest absolute Gasteiger partial charge is 0.323 e. The van der Waals surface area contributed by atoms with Crippen LogP contribution in [0.4, 0.5) is 13.2 Å². The Morgan fingerprint density at radius 2 is 1.76 bits per heavy atom. The third-order valence-electron chi connectivity index (χ3n) is 5.57. The van der Waals surface area contributed by atoms with Crippen LogP contribution in [-0.4, -0.2) is 20.2 Å². The number of carboxylic acid groups (broad SMARTS) is 1. The number of benzene rings is 2. The number of carbonyl (C=O) groups is 1. The fourth-order valence-electron chi connectivity index (χ4n) is 3.97. The molecule has 5 nitrogen and oxygen atoms in total. The minimum absolute atomic E-state index is 0.158. The molecule has 0 aliphatic carbocycles. The Bertz CT molecular complexity index is 1460. The number of rotatable bonds is 6. The van der Waals surface area contributed by atoms with Crippen molar-refractivity contribution in [1.82, 2.24) is 9.13 Å². The summed E-state index contributed by atoms with van der Waals surface area (Å²) in [5, 5.41) is 10.6. The number of pyridine rings is 1. The van der Waals surface area contributed by atoms with Gasteiger partial charge in [0, 0.05) is 51.9 Å². The number of nitrogens with zero attached hydrogens (tertiary/aromatic N) is 2. The lowest BCUT2D eigenvalue weighted by Crippen LogP contribution is -2.20. The highest BCUT2D eigenvalue weighted by molar-refractivity contribution is 6.31. The zero-order valence-corrected chi connectivity index (χ0v) is 18.2. The average molecular weight is 475 g/mol. The van der Waals surface area contributed by atoms with Crippen molar-refractivity contribution < 1.29 is 23.1 Å². The van der Waals surface area contributed by atoms with Crippen molar-refractivity contribution in [2.75, 3.05) is 0 Å². The van der Waals surface area contributed by atoms with Crippen LogP contribution in [0.5, 0.6) is 0 Å². The molecule has 0 aliphatic rings. The number of hydrogen-bond donors (Lipinski definition) is 1. The van der Waals surface area contributed by atoms with E-state index in [0.717, 1.165) is 22.7 Å². The zero-order chi connectivity index (χ0) is 23.9. The SMILES string of the molecule is Cc1c(Cc2ccc(=O)n(Cc3cc(F)c(F)cc3F)c2)c2cc(Cl)ccc2n1CC(=O)O. The van der Waals surface area contributed by atoms with Gasteiger partial charge in [0.05, 0.1) is 6.54 Å². The Hall–Kier alpha value is -3.52. The van der Waals surface area contributed by atoms with Crippen LogP contribution in [0.2, 0.25) is 5.02 Å². The lowest BCUT2D eigenvalue weighted by Gasteiger charge is -2.11. The molecule has 0 radical (unpaired) electrons. The number of hydrogen-bond acceptors (Lipinski definition) is 2. The molecule has 4 aromatic rings. The fourth-order valence-corrected chi connectivity index (χ4v) is 4.14. The molecule has 0 amide bonds. The van der Waals surface area contributed by atoms with Crippen molar-refractivity contribution in [3.63, 3.8) is 0 Å². The quantitative estimate of drug-likeness (QED) is 0.404. The monoisotopic (exact) mass is 474 g/mol. The molecule has 2 aromatic carbocycles. The molecule has 0 spiro atoms. The number of aliphatic carboxylic acids is 1. The minimum Gasteiger partial charge on any atom is -0.480 e. The number of carboxylic acids is 1. The molecular formula is C24H18ClF3N2O3. The fraction of sp³-hybridized carbons (Fsp3) is 0.167. The predicted octanol–water partition coefficient (Wildman–Crippen LogP) is 4.91. The maximum Gasteiger partial charge on any atom is 0.323 e. The van der Waals surface area contributed by atoms with Gasteiger partial charge >= 0.3 is 5.97 Å². The second kappa shape index (κ2) is 8.78. The third kappa shape index (κ3) is 4.52. The lowest BCUT2D eigenvalue weighted by atomic mass is 10.0. The number of halogens is 4. The summed E-state index contributed by atoms with van der Waals surface area (Å²) in [6.07, 6.45) is 1.86. The van der Waals surface area contributed by atoms with Gasteiger partial charge in [-0.25, -0.2) is 13.2 Å². The first-order valence-electron chi connectivity index (χ1n) is 9.96. The molecule has 33 heavy (non-hydrogen) atoms. The summed E-state index contributed by atoms with van der Waals surface area (Å²) in [4.78, 5) is 23.7. The molecule has 2 aromatic heterocycles. The summed E-state index contributed by atoms with van der Waals surface area (Å²) in [5.74, 6) is -4.44.